The van der Waals surface area contributed by atoms with Crippen molar-refractivity contribution in [2.24, 2.45) is 5.73 Å². The Morgan fingerprint density at radius 2 is 2.00 bits per heavy atom. The Morgan fingerprint density at radius 1 is 1.26 bits per heavy atom. The number of nitrogens with two attached hydrogens (primary N) is 1. The third-order valence-electron chi connectivity index (χ3n) is 2.99. The van der Waals surface area contributed by atoms with Crippen LogP contribution in [0.1, 0.15) is 17.2 Å². The number of ether oxygens (including phenoxy) is 1. The Kier molecular flexibility index (Phi) is 4.40. The van der Waals surface area contributed by atoms with E-state index in [-0.39, 0.29) is 5.82 Å². The maximum atomic E-state index is 13.7. The zero-order valence-corrected chi connectivity index (χ0v) is 11.3. The van der Waals surface area contributed by atoms with Crippen molar-refractivity contribution in [2.75, 3.05) is 7.11 Å². The van der Waals surface area contributed by atoms with Gasteiger partial charge in [0.15, 0.2) is 0 Å². The van der Waals surface area contributed by atoms with E-state index < -0.39 is 6.04 Å². The Bertz CT molecular complexity index is 574. The molecule has 100 valence electrons. The molecule has 2 aromatic carbocycles. The van der Waals surface area contributed by atoms with Crippen molar-refractivity contribution in [3.63, 3.8) is 0 Å². The van der Waals surface area contributed by atoms with Crippen LogP contribution in [0, 0.1) is 5.82 Å². The van der Waals surface area contributed by atoms with Gasteiger partial charge >= 0.3 is 0 Å². The molecule has 0 aliphatic rings. The van der Waals surface area contributed by atoms with Crippen LogP contribution in [-0.4, -0.2) is 7.11 Å². The molecule has 4 heteroatoms. The predicted molar refractivity (Wildman–Crippen MR) is 75.0 cm³/mol. The van der Waals surface area contributed by atoms with Gasteiger partial charge in [0.1, 0.15) is 11.6 Å². The molecule has 2 nitrogen and oxygen atoms in total. The quantitative estimate of drug-likeness (QED) is 0.925. The molecule has 0 aliphatic carbocycles. The fourth-order valence-corrected chi connectivity index (χ4v) is 2.20. The molecule has 2 aromatic rings. The summed E-state index contributed by atoms with van der Waals surface area (Å²) in [5, 5.41) is 0.479. The largest absolute Gasteiger partial charge is 0.496 e. The van der Waals surface area contributed by atoms with Crippen LogP contribution in [0.4, 0.5) is 4.39 Å². The van der Waals surface area contributed by atoms with E-state index in [9.17, 15) is 4.39 Å². The first kappa shape index (κ1) is 13.8. The number of para-hydroxylation sites is 1. The number of hydrogen-bond acceptors (Lipinski definition) is 2. The van der Waals surface area contributed by atoms with Crippen LogP contribution in [-0.2, 0) is 6.42 Å². The van der Waals surface area contributed by atoms with Gasteiger partial charge in [0.2, 0.25) is 0 Å². The summed E-state index contributed by atoms with van der Waals surface area (Å²) < 4.78 is 19.0. The highest BCUT2D eigenvalue weighted by Gasteiger charge is 2.14. The van der Waals surface area contributed by atoms with Crippen molar-refractivity contribution in [1.82, 2.24) is 0 Å². The van der Waals surface area contributed by atoms with E-state index in [1.165, 1.54) is 12.1 Å². The molecule has 0 fully saturated rings. The molecule has 0 spiro atoms. The van der Waals surface area contributed by atoms with Crippen LogP contribution in [0.25, 0.3) is 0 Å². The van der Waals surface area contributed by atoms with Gasteiger partial charge in [0, 0.05) is 16.6 Å². The molecular formula is C15H15ClFNO. The SMILES string of the molecule is COc1ccccc1CC(N)c1cc(Cl)ccc1F. The summed E-state index contributed by atoms with van der Waals surface area (Å²) >= 11 is 5.88. The smallest absolute Gasteiger partial charge is 0.128 e. The summed E-state index contributed by atoms with van der Waals surface area (Å²) in [6.07, 6.45) is 0.487. The first-order valence-electron chi connectivity index (χ1n) is 5.94. The highest BCUT2D eigenvalue weighted by atomic mass is 35.5. The third-order valence-corrected chi connectivity index (χ3v) is 3.22. The van der Waals surface area contributed by atoms with Crippen molar-refractivity contribution in [3.8, 4) is 5.75 Å². The molecule has 0 heterocycles. The summed E-state index contributed by atoms with van der Waals surface area (Å²) in [5.74, 6) is 0.409. The number of halogens is 2. The van der Waals surface area contributed by atoms with Crippen molar-refractivity contribution in [3.05, 3.63) is 64.4 Å². The van der Waals surface area contributed by atoms with Gasteiger partial charge in [-0.05, 0) is 36.2 Å². The summed E-state index contributed by atoms with van der Waals surface area (Å²) in [4.78, 5) is 0. The van der Waals surface area contributed by atoms with Crippen LogP contribution in [0.2, 0.25) is 5.02 Å². The first-order valence-corrected chi connectivity index (χ1v) is 6.32. The van der Waals surface area contributed by atoms with Gasteiger partial charge in [-0.15, -0.1) is 0 Å². The average molecular weight is 280 g/mol. The molecule has 0 amide bonds. The summed E-state index contributed by atoms with van der Waals surface area (Å²) in [6.45, 7) is 0. The summed E-state index contributed by atoms with van der Waals surface area (Å²) in [5.41, 5.74) is 7.42. The van der Waals surface area contributed by atoms with Crippen molar-refractivity contribution in [1.29, 1.82) is 0 Å². The molecule has 0 aliphatic heterocycles. The van der Waals surface area contributed by atoms with Gasteiger partial charge in [-0.25, -0.2) is 4.39 Å². The van der Waals surface area contributed by atoms with Crippen LogP contribution in [0.15, 0.2) is 42.5 Å². The van der Waals surface area contributed by atoms with Crippen molar-refractivity contribution in [2.45, 2.75) is 12.5 Å². The predicted octanol–water partition coefficient (Wildman–Crippen LogP) is 3.73. The maximum absolute atomic E-state index is 13.7. The fraction of sp³-hybridized carbons (Fsp3) is 0.200. The lowest BCUT2D eigenvalue weighted by Crippen LogP contribution is -2.15. The zero-order valence-electron chi connectivity index (χ0n) is 10.6. The van der Waals surface area contributed by atoms with E-state index in [2.05, 4.69) is 0 Å². The number of hydrogen-bond donors (Lipinski definition) is 1. The maximum Gasteiger partial charge on any atom is 0.128 e. The molecular weight excluding hydrogens is 265 g/mol. The molecule has 0 radical (unpaired) electrons. The minimum absolute atomic E-state index is 0.341. The monoisotopic (exact) mass is 279 g/mol. The van der Waals surface area contributed by atoms with E-state index in [0.717, 1.165) is 11.3 Å². The van der Waals surface area contributed by atoms with Crippen LogP contribution >= 0.6 is 11.6 Å². The Labute approximate surface area is 117 Å². The van der Waals surface area contributed by atoms with Gasteiger partial charge < -0.3 is 10.5 Å². The second-order valence-corrected chi connectivity index (χ2v) is 4.72. The lowest BCUT2D eigenvalue weighted by Gasteiger charge is -2.15. The van der Waals surface area contributed by atoms with Crippen LogP contribution < -0.4 is 10.5 Å². The molecule has 1 unspecified atom stereocenters. The standard InChI is InChI=1S/C15H15ClFNO/c1-19-15-5-3-2-4-10(15)8-14(18)12-9-11(16)6-7-13(12)17/h2-7,9,14H,8,18H2,1H3. The Morgan fingerprint density at radius 3 is 2.74 bits per heavy atom. The van der Waals surface area contributed by atoms with Gasteiger partial charge in [0.05, 0.1) is 7.11 Å². The molecule has 0 bridgehead atoms. The van der Waals surface area contributed by atoms with E-state index in [0.29, 0.717) is 17.0 Å². The average Bonchev–Trinajstić information content (AvgIpc) is 2.42. The van der Waals surface area contributed by atoms with Gasteiger partial charge in [0.25, 0.3) is 0 Å². The minimum Gasteiger partial charge on any atom is -0.496 e. The highest BCUT2D eigenvalue weighted by molar-refractivity contribution is 6.30. The molecule has 0 saturated heterocycles. The number of benzene rings is 2. The van der Waals surface area contributed by atoms with E-state index in [1.54, 1.807) is 13.2 Å². The minimum atomic E-state index is -0.463. The van der Waals surface area contributed by atoms with Gasteiger partial charge in [-0.1, -0.05) is 29.8 Å². The molecule has 1 atom stereocenters. The van der Waals surface area contributed by atoms with Crippen molar-refractivity contribution < 1.29 is 9.13 Å². The van der Waals surface area contributed by atoms with Crippen LogP contribution in [0.3, 0.4) is 0 Å². The molecule has 0 aromatic heterocycles. The third kappa shape index (κ3) is 3.25. The first-order chi connectivity index (χ1) is 9.11. The molecule has 0 saturated carbocycles. The normalized spacial score (nSPS) is 12.2. The Balaban J connectivity index is 2.25. The lowest BCUT2D eigenvalue weighted by atomic mass is 9.98. The fourth-order valence-electron chi connectivity index (χ4n) is 2.02. The van der Waals surface area contributed by atoms with Crippen molar-refractivity contribution >= 4 is 11.6 Å². The number of methoxy groups -OCH3 is 1. The lowest BCUT2D eigenvalue weighted by molar-refractivity contribution is 0.408. The van der Waals surface area contributed by atoms with Crippen LogP contribution in [0.5, 0.6) is 5.75 Å². The Hall–Kier alpha value is -1.58. The summed E-state index contributed by atoms with van der Waals surface area (Å²) in [7, 11) is 1.60. The van der Waals surface area contributed by atoms with E-state index in [4.69, 9.17) is 22.1 Å². The zero-order chi connectivity index (χ0) is 13.8. The van der Waals surface area contributed by atoms with E-state index >= 15 is 0 Å². The molecule has 2 N–H and O–H groups in total. The number of rotatable bonds is 4. The highest BCUT2D eigenvalue weighted by Crippen LogP contribution is 2.26. The summed E-state index contributed by atoms with van der Waals surface area (Å²) in [6, 6.07) is 11.5. The molecule has 19 heavy (non-hydrogen) atoms. The second-order valence-electron chi connectivity index (χ2n) is 4.29. The topological polar surface area (TPSA) is 35.2 Å². The van der Waals surface area contributed by atoms with Gasteiger partial charge in [-0.2, -0.15) is 0 Å². The molecule has 2 rings (SSSR count). The van der Waals surface area contributed by atoms with Gasteiger partial charge in [-0.3, -0.25) is 0 Å². The van der Waals surface area contributed by atoms with E-state index in [1.807, 2.05) is 24.3 Å². The second kappa shape index (κ2) is 6.04.